The van der Waals surface area contributed by atoms with Crippen molar-refractivity contribution in [1.82, 2.24) is 0 Å². The van der Waals surface area contributed by atoms with Crippen molar-refractivity contribution >= 4 is 11.6 Å². The fourth-order valence-corrected chi connectivity index (χ4v) is 2.91. The Kier molecular flexibility index (Phi) is 4.18. The summed E-state index contributed by atoms with van der Waals surface area (Å²) in [5.74, 6) is 1.54. The molecule has 0 atom stereocenters. The van der Waals surface area contributed by atoms with Gasteiger partial charge < -0.3 is 9.84 Å². The standard InChI is InChI=1S/C15H21ClO2/c1-11-5-7-15(17,8-6-11)10-12-9-13(16)3-4-14(12)18-2/h3-4,9,11,17H,5-8,10H2,1-2H3. The first kappa shape index (κ1) is 13.7. The van der Waals surface area contributed by atoms with Crippen LogP contribution in [0.5, 0.6) is 5.75 Å². The van der Waals surface area contributed by atoms with Crippen molar-refractivity contribution in [3.63, 3.8) is 0 Å². The summed E-state index contributed by atoms with van der Waals surface area (Å²) in [5, 5.41) is 11.3. The van der Waals surface area contributed by atoms with Gasteiger partial charge in [-0.25, -0.2) is 0 Å². The van der Waals surface area contributed by atoms with Crippen molar-refractivity contribution in [1.29, 1.82) is 0 Å². The predicted octanol–water partition coefficient (Wildman–Crippen LogP) is 3.83. The van der Waals surface area contributed by atoms with Gasteiger partial charge in [0.2, 0.25) is 0 Å². The molecule has 1 aliphatic rings. The van der Waals surface area contributed by atoms with E-state index in [2.05, 4.69) is 6.92 Å². The van der Waals surface area contributed by atoms with Gasteiger partial charge in [0.25, 0.3) is 0 Å². The minimum Gasteiger partial charge on any atom is -0.496 e. The second-order valence-electron chi connectivity index (χ2n) is 5.54. The summed E-state index contributed by atoms with van der Waals surface area (Å²) >= 11 is 6.02. The maximum Gasteiger partial charge on any atom is 0.122 e. The normalized spacial score (nSPS) is 28.1. The van der Waals surface area contributed by atoms with E-state index in [1.807, 2.05) is 18.2 Å². The molecule has 2 nitrogen and oxygen atoms in total. The number of methoxy groups -OCH3 is 1. The van der Waals surface area contributed by atoms with Gasteiger partial charge in [-0.3, -0.25) is 0 Å². The highest BCUT2D eigenvalue weighted by Gasteiger charge is 2.32. The lowest BCUT2D eigenvalue weighted by Crippen LogP contribution is -2.35. The van der Waals surface area contributed by atoms with Gasteiger partial charge in [-0.1, -0.05) is 18.5 Å². The quantitative estimate of drug-likeness (QED) is 0.903. The maximum absolute atomic E-state index is 10.7. The highest BCUT2D eigenvalue weighted by Crippen LogP contribution is 2.36. The van der Waals surface area contributed by atoms with Crippen LogP contribution in [0, 0.1) is 5.92 Å². The van der Waals surface area contributed by atoms with Gasteiger partial charge in [0.15, 0.2) is 0 Å². The summed E-state index contributed by atoms with van der Waals surface area (Å²) < 4.78 is 5.34. The zero-order valence-corrected chi connectivity index (χ0v) is 11.8. The number of halogens is 1. The minimum absolute atomic E-state index is 0.593. The molecule has 0 spiro atoms. The van der Waals surface area contributed by atoms with Crippen LogP contribution in [0.4, 0.5) is 0 Å². The van der Waals surface area contributed by atoms with Crippen molar-refractivity contribution in [2.24, 2.45) is 5.92 Å². The molecule has 1 saturated carbocycles. The molecule has 1 aromatic carbocycles. The third-order valence-corrected chi connectivity index (χ3v) is 4.20. The molecule has 1 fully saturated rings. The molecular weight excluding hydrogens is 248 g/mol. The zero-order valence-electron chi connectivity index (χ0n) is 11.1. The van der Waals surface area contributed by atoms with Crippen molar-refractivity contribution in [3.8, 4) is 5.75 Å². The monoisotopic (exact) mass is 268 g/mol. The molecule has 100 valence electrons. The fourth-order valence-electron chi connectivity index (χ4n) is 2.72. The second-order valence-corrected chi connectivity index (χ2v) is 5.98. The van der Waals surface area contributed by atoms with Crippen LogP contribution in [0.2, 0.25) is 5.02 Å². The highest BCUT2D eigenvalue weighted by atomic mass is 35.5. The molecular formula is C15H21ClO2. The largest absolute Gasteiger partial charge is 0.496 e. The molecule has 0 bridgehead atoms. The van der Waals surface area contributed by atoms with Crippen molar-refractivity contribution in [3.05, 3.63) is 28.8 Å². The van der Waals surface area contributed by atoms with Gasteiger partial charge in [0.05, 0.1) is 12.7 Å². The fraction of sp³-hybridized carbons (Fsp3) is 0.600. The Labute approximate surface area is 114 Å². The lowest BCUT2D eigenvalue weighted by Gasteiger charge is -2.35. The van der Waals surface area contributed by atoms with Gasteiger partial charge in [-0.15, -0.1) is 0 Å². The third kappa shape index (κ3) is 3.18. The van der Waals surface area contributed by atoms with E-state index in [0.29, 0.717) is 11.4 Å². The SMILES string of the molecule is COc1ccc(Cl)cc1CC1(O)CCC(C)CC1. The summed E-state index contributed by atoms with van der Waals surface area (Å²) in [7, 11) is 1.65. The Bertz CT molecular complexity index is 409. The molecule has 0 unspecified atom stereocenters. The summed E-state index contributed by atoms with van der Waals surface area (Å²) in [5.41, 5.74) is 0.409. The summed E-state index contributed by atoms with van der Waals surface area (Å²) in [6, 6.07) is 5.58. The summed E-state index contributed by atoms with van der Waals surface area (Å²) in [6.45, 7) is 2.25. The molecule has 0 aliphatic heterocycles. The smallest absolute Gasteiger partial charge is 0.122 e. The second kappa shape index (κ2) is 5.50. The number of aliphatic hydroxyl groups is 1. The first-order valence-corrected chi connectivity index (χ1v) is 6.95. The number of hydrogen-bond donors (Lipinski definition) is 1. The van der Waals surface area contributed by atoms with E-state index in [4.69, 9.17) is 16.3 Å². The first-order valence-electron chi connectivity index (χ1n) is 6.57. The minimum atomic E-state index is -0.593. The van der Waals surface area contributed by atoms with E-state index in [1.165, 1.54) is 0 Å². The van der Waals surface area contributed by atoms with Gasteiger partial charge in [0, 0.05) is 11.4 Å². The molecule has 0 saturated heterocycles. The number of hydrogen-bond acceptors (Lipinski definition) is 2. The number of rotatable bonds is 3. The van der Waals surface area contributed by atoms with E-state index in [0.717, 1.165) is 42.9 Å². The van der Waals surface area contributed by atoms with Crippen LogP contribution in [-0.4, -0.2) is 17.8 Å². The molecule has 0 heterocycles. The van der Waals surface area contributed by atoms with Gasteiger partial charge in [-0.05, 0) is 55.4 Å². The van der Waals surface area contributed by atoms with Crippen LogP contribution in [0.1, 0.15) is 38.2 Å². The van der Waals surface area contributed by atoms with Gasteiger partial charge in [0.1, 0.15) is 5.75 Å². The topological polar surface area (TPSA) is 29.5 Å². The van der Waals surface area contributed by atoms with E-state index < -0.39 is 5.60 Å². The van der Waals surface area contributed by atoms with E-state index in [-0.39, 0.29) is 0 Å². The Balaban J connectivity index is 2.15. The zero-order chi connectivity index (χ0) is 13.2. The Morgan fingerprint density at radius 2 is 2.06 bits per heavy atom. The number of ether oxygens (including phenoxy) is 1. The van der Waals surface area contributed by atoms with Gasteiger partial charge in [-0.2, -0.15) is 0 Å². The molecule has 18 heavy (non-hydrogen) atoms. The highest BCUT2D eigenvalue weighted by molar-refractivity contribution is 6.30. The van der Waals surface area contributed by atoms with Crippen LogP contribution < -0.4 is 4.74 Å². The number of benzene rings is 1. The van der Waals surface area contributed by atoms with Crippen LogP contribution in [0.15, 0.2) is 18.2 Å². The third-order valence-electron chi connectivity index (χ3n) is 3.97. The van der Waals surface area contributed by atoms with Crippen LogP contribution in [0.3, 0.4) is 0 Å². The van der Waals surface area contributed by atoms with Crippen LogP contribution in [0.25, 0.3) is 0 Å². The molecule has 1 N–H and O–H groups in total. The first-order chi connectivity index (χ1) is 8.52. The lowest BCUT2D eigenvalue weighted by molar-refractivity contribution is -0.00707. The Hall–Kier alpha value is -0.730. The molecule has 0 amide bonds. The van der Waals surface area contributed by atoms with E-state index in [9.17, 15) is 5.11 Å². The molecule has 1 aliphatic carbocycles. The average Bonchev–Trinajstić information content (AvgIpc) is 2.34. The van der Waals surface area contributed by atoms with Crippen LogP contribution in [-0.2, 0) is 6.42 Å². The van der Waals surface area contributed by atoms with E-state index in [1.54, 1.807) is 7.11 Å². The van der Waals surface area contributed by atoms with Crippen molar-refractivity contribution in [2.45, 2.75) is 44.6 Å². The molecule has 0 aromatic heterocycles. The van der Waals surface area contributed by atoms with Crippen LogP contribution >= 0.6 is 11.6 Å². The Morgan fingerprint density at radius 1 is 1.39 bits per heavy atom. The molecule has 2 rings (SSSR count). The Morgan fingerprint density at radius 3 is 2.67 bits per heavy atom. The van der Waals surface area contributed by atoms with Crippen molar-refractivity contribution in [2.75, 3.05) is 7.11 Å². The average molecular weight is 269 g/mol. The molecule has 0 radical (unpaired) electrons. The molecule has 1 aromatic rings. The maximum atomic E-state index is 10.7. The summed E-state index contributed by atoms with van der Waals surface area (Å²) in [4.78, 5) is 0. The van der Waals surface area contributed by atoms with Crippen molar-refractivity contribution < 1.29 is 9.84 Å². The molecule has 3 heteroatoms. The lowest BCUT2D eigenvalue weighted by atomic mass is 9.76. The van der Waals surface area contributed by atoms with Gasteiger partial charge >= 0.3 is 0 Å². The van der Waals surface area contributed by atoms with E-state index >= 15 is 0 Å². The summed E-state index contributed by atoms with van der Waals surface area (Å²) in [6.07, 6.45) is 4.55. The predicted molar refractivity (Wildman–Crippen MR) is 74.3 cm³/mol.